The van der Waals surface area contributed by atoms with E-state index in [2.05, 4.69) is 33.4 Å². The zero-order valence-electron chi connectivity index (χ0n) is 18.1. The highest BCUT2D eigenvalue weighted by molar-refractivity contribution is 5.93. The van der Waals surface area contributed by atoms with Gasteiger partial charge in [0.2, 0.25) is 5.88 Å². The molecule has 0 aliphatic heterocycles. The van der Waals surface area contributed by atoms with Gasteiger partial charge in [0.25, 0.3) is 5.91 Å². The van der Waals surface area contributed by atoms with E-state index in [0.29, 0.717) is 16.9 Å². The van der Waals surface area contributed by atoms with Gasteiger partial charge in [-0.1, -0.05) is 31.2 Å². The van der Waals surface area contributed by atoms with Crippen molar-refractivity contribution in [1.29, 1.82) is 0 Å². The minimum atomic E-state index is -0.238. The molecule has 0 saturated heterocycles. The summed E-state index contributed by atoms with van der Waals surface area (Å²) in [5, 5.41) is 8.09. The van der Waals surface area contributed by atoms with Crippen LogP contribution in [-0.2, 0) is 11.2 Å². The van der Waals surface area contributed by atoms with Crippen LogP contribution < -0.4 is 10.1 Å². The lowest BCUT2D eigenvalue weighted by atomic mass is 10.1. The molecule has 1 amide bonds. The number of aromatic nitrogens is 4. The van der Waals surface area contributed by atoms with Gasteiger partial charge in [0.15, 0.2) is 12.3 Å². The van der Waals surface area contributed by atoms with Crippen LogP contribution >= 0.6 is 0 Å². The molecule has 2 heterocycles. The minimum Gasteiger partial charge on any atom is -0.467 e. The standard InChI is InChI=1S/C24H25N5O2/c1-5-18-8-6-7-17(4)22(18)28-21(30)13-31-24-20-12-27-29(23(20)25-14-26-24)19-10-15(2)9-16(3)11-19/h6-12,14H,5,13H2,1-4H3,(H,28,30). The molecule has 0 aliphatic rings. The Morgan fingerprint density at radius 1 is 1.10 bits per heavy atom. The second-order valence-corrected chi connectivity index (χ2v) is 7.62. The van der Waals surface area contributed by atoms with Crippen LogP contribution in [0.15, 0.2) is 48.9 Å². The van der Waals surface area contributed by atoms with E-state index in [1.165, 1.54) is 6.33 Å². The SMILES string of the molecule is CCc1cccc(C)c1NC(=O)COc1ncnc2c1cnn2-c1cc(C)cc(C)c1. The first-order valence-electron chi connectivity index (χ1n) is 10.2. The summed E-state index contributed by atoms with van der Waals surface area (Å²) in [6.45, 7) is 7.97. The van der Waals surface area contributed by atoms with Crippen molar-refractivity contribution in [3.63, 3.8) is 0 Å². The molecule has 158 valence electrons. The summed E-state index contributed by atoms with van der Waals surface area (Å²) in [7, 11) is 0. The van der Waals surface area contributed by atoms with Crippen molar-refractivity contribution in [2.75, 3.05) is 11.9 Å². The Morgan fingerprint density at radius 3 is 2.61 bits per heavy atom. The fourth-order valence-electron chi connectivity index (χ4n) is 3.71. The summed E-state index contributed by atoms with van der Waals surface area (Å²) in [5.41, 5.74) is 6.78. The zero-order chi connectivity index (χ0) is 22.0. The Hall–Kier alpha value is -3.74. The van der Waals surface area contributed by atoms with Crippen LogP contribution in [0.25, 0.3) is 16.7 Å². The molecule has 7 nitrogen and oxygen atoms in total. The number of hydrogen-bond acceptors (Lipinski definition) is 5. The molecule has 0 fully saturated rings. The van der Waals surface area contributed by atoms with Crippen molar-refractivity contribution in [3.8, 4) is 11.6 Å². The number of nitrogens with zero attached hydrogens (tertiary/aromatic N) is 4. The minimum absolute atomic E-state index is 0.154. The molecule has 0 spiro atoms. The van der Waals surface area contributed by atoms with Gasteiger partial charge < -0.3 is 10.1 Å². The predicted octanol–water partition coefficient (Wildman–Crippen LogP) is 4.32. The Bertz CT molecular complexity index is 1240. The molecule has 31 heavy (non-hydrogen) atoms. The predicted molar refractivity (Wildman–Crippen MR) is 121 cm³/mol. The normalized spacial score (nSPS) is 11.0. The summed E-state index contributed by atoms with van der Waals surface area (Å²) in [4.78, 5) is 21.1. The van der Waals surface area contributed by atoms with Gasteiger partial charge in [0, 0.05) is 5.69 Å². The lowest BCUT2D eigenvalue weighted by Gasteiger charge is -2.13. The molecule has 0 atom stereocenters. The highest BCUT2D eigenvalue weighted by Gasteiger charge is 2.15. The Morgan fingerprint density at radius 2 is 1.87 bits per heavy atom. The smallest absolute Gasteiger partial charge is 0.262 e. The van der Waals surface area contributed by atoms with Crippen molar-refractivity contribution in [3.05, 3.63) is 71.2 Å². The molecule has 2 aromatic heterocycles. The van der Waals surface area contributed by atoms with Gasteiger partial charge in [-0.15, -0.1) is 0 Å². The van der Waals surface area contributed by atoms with E-state index in [1.54, 1.807) is 10.9 Å². The van der Waals surface area contributed by atoms with Gasteiger partial charge in [0.05, 0.1) is 11.9 Å². The Balaban J connectivity index is 1.55. The number of carbonyl (C=O) groups excluding carboxylic acids is 1. The van der Waals surface area contributed by atoms with Crippen molar-refractivity contribution >= 4 is 22.6 Å². The third-order valence-electron chi connectivity index (χ3n) is 5.12. The molecule has 0 bridgehead atoms. The van der Waals surface area contributed by atoms with Crippen LogP contribution in [-0.4, -0.2) is 32.3 Å². The molecule has 0 saturated carbocycles. The van der Waals surface area contributed by atoms with Crippen molar-refractivity contribution in [1.82, 2.24) is 19.7 Å². The number of ether oxygens (including phenoxy) is 1. The maximum absolute atomic E-state index is 12.5. The molecule has 4 rings (SSSR count). The molecule has 4 aromatic rings. The summed E-state index contributed by atoms with van der Waals surface area (Å²) < 4.78 is 7.50. The average Bonchev–Trinajstić information content (AvgIpc) is 3.18. The van der Waals surface area contributed by atoms with E-state index >= 15 is 0 Å². The molecular formula is C24H25N5O2. The van der Waals surface area contributed by atoms with E-state index in [9.17, 15) is 4.79 Å². The van der Waals surface area contributed by atoms with Crippen LogP contribution in [0.3, 0.4) is 0 Å². The second kappa shape index (κ2) is 8.55. The van der Waals surface area contributed by atoms with Crippen LogP contribution in [0.1, 0.15) is 29.2 Å². The zero-order valence-corrected chi connectivity index (χ0v) is 18.1. The first kappa shape index (κ1) is 20.5. The molecule has 7 heteroatoms. The number of para-hydroxylation sites is 1. The van der Waals surface area contributed by atoms with Gasteiger partial charge in [-0.25, -0.2) is 14.6 Å². The lowest BCUT2D eigenvalue weighted by Crippen LogP contribution is -2.21. The topological polar surface area (TPSA) is 81.9 Å². The number of carbonyl (C=O) groups is 1. The largest absolute Gasteiger partial charge is 0.467 e. The molecule has 0 aliphatic carbocycles. The number of amides is 1. The van der Waals surface area contributed by atoms with Crippen LogP contribution in [0, 0.1) is 20.8 Å². The van der Waals surface area contributed by atoms with Crippen molar-refractivity contribution in [2.24, 2.45) is 0 Å². The highest BCUT2D eigenvalue weighted by atomic mass is 16.5. The highest BCUT2D eigenvalue weighted by Crippen LogP contribution is 2.25. The van der Waals surface area contributed by atoms with E-state index in [0.717, 1.165) is 40.0 Å². The number of fused-ring (bicyclic) bond motifs is 1. The third kappa shape index (κ3) is 4.26. The van der Waals surface area contributed by atoms with Gasteiger partial charge >= 0.3 is 0 Å². The van der Waals surface area contributed by atoms with E-state index in [4.69, 9.17) is 4.74 Å². The average molecular weight is 415 g/mol. The van der Waals surface area contributed by atoms with Crippen LogP contribution in [0.2, 0.25) is 0 Å². The van der Waals surface area contributed by atoms with E-state index in [1.807, 2.05) is 51.1 Å². The molecule has 2 aromatic carbocycles. The molecule has 0 unspecified atom stereocenters. The maximum atomic E-state index is 12.5. The van der Waals surface area contributed by atoms with Gasteiger partial charge in [0.1, 0.15) is 11.7 Å². The quantitative estimate of drug-likeness (QED) is 0.507. The fraction of sp³-hybridized carbons (Fsp3) is 0.250. The first-order valence-corrected chi connectivity index (χ1v) is 10.2. The number of hydrogen-bond donors (Lipinski definition) is 1. The van der Waals surface area contributed by atoms with Gasteiger partial charge in [-0.3, -0.25) is 4.79 Å². The second-order valence-electron chi connectivity index (χ2n) is 7.62. The fourth-order valence-corrected chi connectivity index (χ4v) is 3.71. The summed E-state index contributed by atoms with van der Waals surface area (Å²) in [6.07, 6.45) is 3.92. The van der Waals surface area contributed by atoms with Crippen molar-refractivity contribution in [2.45, 2.75) is 34.1 Å². The number of nitrogens with one attached hydrogen (secondary N) is 1. The number of anilines is 1. The van der Waals surface area contributed by atoms with Crippen LogP contribution in [0.4, 0.5) is 5.69 Å². The summed E-state index contributed by atoms with van der Waals surface area (Å²) in [5.74, 6) is 0.0914. The number of rotatable bonds is 6. The summed E-state index contributed by atoms with van der Waals surface area (Å²) in [6, 6.07) is 12.2. The Kier molecular flexibility index (Phi) is 5.66. The van der Waals surface area contributed by atoms with Crippen molar-refractivity contribution < 1.29 is 9.53 Å². The molecule has 0 radical (unpaired) electrons. The van der Waals surface area contributed by atoms with Gasteiger partial charge in [-0.05, 0) is 61.6 Å². The van der Waals surface area contributed by atoms with Crippen LogP contribution in [0.5, 0.6) is 5.88 Å². The maximum Gasteiger partial charge on any atom is 0.262 e. The lowest BCUT2D eigenvalue weighted by molar-refractivity contribution is -0.118. The monoisotopic (exact) mass is 415 g/mol. The van der Waals surface area contributed by atoms with E-state index in [-0.39, 0.29) is 12.5 Å². The third-order valence-corrected chi connectivity index (χ3v) is 5.12. The number of aryl methyl sites for hydroxylation is 4. The molecule has 1 N–H and O–H groups in total. The number of benzene rings is 2. The Labute approximate surface area is 181 Å². The molecular weight excluding hydrogens is 390 g/mol. The van der Waals surface area contributed by atoms with Gasteiger partial charge in [-0.2, -0.15) is 5.10 Å². The van der Waals surface area contributed by atoms with E-state index < -0.39 is 0 Å². The first-order chi connectivity index (χ1) is 15.0. The summed E-state index contributed by atoms with van der Waals surface area (Å²) >= 11 is 0.